The summed E-state index contributed by atoms with van der Waals surface area (Å²) in [5.74, 6) is 1.80. The number of aromatic nitrogens is 2. The van der Waals surface area contributed by atoms with Crippen LogP contribution in [0.1, 0.15) is 34.6 Å². The molecule has 3 aromatic rings. The van der Waals surface area contributed by atoms with Gasteiger partial charge in [0.05, 0.1) is 12.0 Å². The number of nitro groups is 1. The molecule has 33 heavy (non-hydrogen) atoms. The van der Waals surface area contributed by atoms with E-state index in [2.05, 4.69) is 14.6 Å². The number of nitrogens with zero attached hydrogens (tertiary/aromatic N) is 4. The summed E-state index contributed by atoms with van der Waals surface area (Å²) in [5, 5.41) is 14.6. The summed E-state index contributed by atoms with van der Waals surface area (Å²) in [6, 6.07) is 13.6. The third-order valence-corrected chi connectivity index (χ3v) is 6.55. The average molecular weight is 468 g/mol. The molecule has 1 N–H and O–H groups in total. The van der Waals surface area contributed by atoms with Gasteiger partial charge in [-0.25, -0.2) is 4.98 Å². The smallest absolute Gasteiger partial charge is 0.269 e. The van der Waals surface area contributed by atoms with Crippen LogP contribution in [0, 0.1) is 16.0 Å². The predicted octanol–water partition coefficient (Wildman–Crippen LogP) is 3.69. The second-order valence-corrected chi connectivity index (χ2v) is 8.70. The Morgan fingerprint density at radius 2 is 2.00 bits per heavy atom. The van der Waals surface area contributed by atoms with Crippen molar-refractivity contribution in [3.8, 4) is 5.75 Å². The summed E-state index contributed by atoms with van der Waals surface area (Å²) in [7, 11) is 1.66. The fourth-order valence-corrected chi connectivity index (χ4v) is 4.55. The normalized spacial score (nSPS) is 14.2. The van der Waals surface area contributed by atoms with Gasteiger partial charge >= 0.3 is 0 Å². The highest BCUT2D eigenvalue weighted by Gasteiger charge is 2.22. The molecular weight excluding hydrogens is 442 g/mol. The highest BCUT2D eigenvalue weighted by molar-refractivity contribution is 7.09. The first-order valence-corrected chi connectivity index (χ1v) is 11.5. The van der Waals surface area contributed by atoms with Crippen LogP contribution >= 0.6 is 11.5 Å². The van der Waals surface area contributed by atoms with Gasteiger partial charge in [-0.1, -0.05) is 12.1 Å². The molecule has 0 radical (unpaired) electrons. The molecule has 1 saturated heterocycles. The molecule has 0 saturated carbocycles. The van der Waals surface area contributed by atoms with Crippen molar-refractivity contribution in [2.45, 2.75) is 19.3 Å². The minimum atomic E-state index is -0.477. The molecule has 2 aromatic carbocycles. The standard InChI is InChI=1S/C23H25N5O4S/c1-32-20-4-2-3-17(13-20)14-21-25-23(33-26-21)27-11-9-16(10-12-27)15-24-22(29)18-5-7-19(8-6-18)28(30)31/h2-8,13,16H,9-12,14-15H2,1H3,(H,24,29). The number of rotatable bonds is 8. The Labute approximate surface area is 195 Å². The first-order chi connectivity index (χ1) is 16.0. The average Bonchev–Trinajstić information content (AvgIpc) is 3.31. The van der Waals surface area contributed by atoms with E-state index in [9.17, 15) is 14.9 Å². The van der Waals surface area contributed by atoms with Crippen LogP contribution in [0.4, 0.5) is 10.8 Å². The monoisotopic (exact) mass is 467 g/mol. The number of nitro benzene ring substituents is 1. The Kier molecular flexibility index (Phi) is 7.13. The van der Waals surface area contributed by atoms with Gasteiger partial charge in [0, 0.05) is 55.3 Å². The van der Waals surface area contributed by atoms with E-state index in [-0.39, 0.29) is 11.6 Å². The zero-order valence-electron chi connectivity index (χ0n) is 18.3. The molecule has 9 nitrogen and oxygen atoms in total. The minimum absolute atomic E-state index is 0.0257. The van der Waals surface area contributed by atoms with Crippen molar-refractivity contribution >= 4 is 28.3 Å². The van der Waals surface area contributed by atoms with Crippen LogP contribution in [0.2, 0.25) is 0 Å². The van der Waals surface area contributed by atoms with Crippen LogP contribution in [-0.4, -0.2) is 46.9 Å². The highest BCUT2D eigenvalue weighted by atomic mass is 32.1. The van der Waals surface area contributed by atoms with Crippen molar-refractivity contribution in [3.63, 3.8) is 0 Å². The van der Waals surface area contributed by atoms with Gasteiger partial charge in [-0.05, 0) is 48.6 Å². The minimum Gasteiger partial charge on any atom is -0.497 e. The van der Waals surface area contributed by atoms with Gasteiger partial charge in [0.1, 0.15) is 11.6 Å². The number of methoxy groups -OCH3 is 1. The van der Waals surface area contributed by atoms with E-state index in [1.807, 2.05) is 24.3 Å². The van der Waals surface area contributed by atoms with Gasteiger partial charge < -0.3 is 15.0 Å². The number of piperidine rings is 1. The van der Waals surface area contributed by atoms with E-state index < -0.39 is 4.92 Å². The number of amides is 1. The quantitative estimate of drug-likeness (QED) is 0.397. The zero-order valence-corrected chi connectivity index (χ0v) is 19.1. The SMILES string of the molecule is COc1cccc(Cc2nsc(N3CCC(CNC(=O)c4ccc([N+](=O)[O-])cc4)CC3)n2)c1. The maximum Gasteiger partial charge on any atom is 0.269 e. The fraction of sp³-hybridized carbons (Fsp3) is 0.348. The van der Waals surface area contributed by atoms with Crippen LogP contribution in [0.5, 0.6) is 5.75 Å². The first kappa shape index (κ1) is 22.7. The van der Waals surface area contributed by atoms with Crippen molar-refractivity contribution < 1.29 is 14.5 Å². The molecule has 0 unspecified atom stereocenters. The summed E-state index contributed by atoms with van der Waals surface area (Å²) in [4.78, 5) is 29.6. The summed E-state index contributed by atoms with van der Waals surface area (Å²) in [6.07, 6.45) is 2.56. The summed E-state index contributed by atoms with van der Waals surface area (Å²) in [6.45, 7) is 2.32. The Bertz CT molecular complexity index is 1110. The Morgan fingerprint density at radius 3 is 2.70 bits per heavy atom. The van der Waals surface area contributed by atoms with Gasteiger partial charge in [-0.15, -0.1) is 0 Å². The maximum atomic E-state index is 12.3. The van der Waals surface area contributed by atoms with Gasteiger partial charge in [-0.3, -0.25) is 14.9 Å². The molecule has 0 spiro atoms. The molecule has 0 bridgehead atoms. The topological polar surface area (TPSA) is 110 Å². The fourth-order valence-electron chi connectivity index (χ4n) is 3.81. The lowest BCUT2D eigenvalue weighted by Gasteiger charge is -2.31. The Hall–Kier alpha value is -3.53. The molecule has 0 aliphatic carbocycles. The van der Waals surface area contributed by atoms with E-state index in [1.54, 1.807) is 7.11 Å². The molecule has 1 aromatic heterocycles. The molecule has 1 amide bonds. The lowest BCUT2D eigenvalue weighted by molar-refractivity contribution is -0.384. The van der Waals surface area contributed by atoms with Crippen molar-refractivity contribution in [2.24, 2.45) is 5.92 Å². The van der Waals surface area contributed by atoms with Crippen LogP contribution in [-0.2, 0) is 6.42 Å². The number of ether oxygens (including phenoxy) is 1. The van der Waals surface area contributed by atoms with Crippen LogP contribution in [0.25, 0.3) is 0 Å². The van der Waals surface area contributed by atoms with Crippen molar-refractivity contribution in [3.05, 3.63) is 75.6 Å². The van der Waals surface area contributed by atoms with Crippen LogP contribution < -0.4 is 15.0 Å². The second-order valence-electron chi connectivity index (χ2n) is 7.97. The molecular formula is C23H25N5O4S. The van der Waals surface area contributed by atoms with Crippen molar-refractivity contribution in [1.29, 1.82) is 0 Å². The largest absolute Gasteiger partial charge is 0.497 e. The lowest BCUT2D eigenvalue weighted by atomic mass is 9.97. The number of anilines is 1. The highest BCUT2D eigenvalue weighted by Crippen LogP contribution is 2.25. The molecule has 1 aliphatic rings. The number of nitrogens with one attached hydrogen (secondary N) is 1. The molecule has 2 heterocycles. The summed E-state index contributed by atoms with van der Waals surface area (Å²) >= 11 is 1.42. The van der Waals surface area contributed by atoms with E-state index in [4.69, 9.17) is 9.72 Å². The van der Waals surface area contributed by atoms with Gasteiger partial charge in [0.15, 0.2) is 0 Å². The van der Waals surface area contributed by atoms with E-state index in [0.717, 1.165) is 48.2 Å². The van der Waals surface area contributed by atoms with Gasteiger partial charge in [0.25, 0.3) is 11.6 Å². The van der Waals surface area contributed by atoms with Crippen LogP contribution in [0.15, 0.2) is 48.5 Å². The molecule has 172 valence electrons. The molecule has 1 aliphatic heterocycles. The van der Waals surface area contributed by atoms with E-state index in [1.165, 1.54) is 35.8 Å². The van der Waals surface area contributed by atoms with Crippen molar-refractivity contribution in [1.82, 2.24) is 14.7 Å². The zero-order chi connectivity index (χ0) is 23.2. The number of carbonyl (C=O) groups excluding carboxylic acids is 1. The van der Waals surface area contributed by atoms with Crippen LogP contribution in [0.3, 0.4) is 0 Å². The second kappa shape index (κ2) is 10.4. The number of benzene rings is 2. The third-order valence-electron chi connectivity index (χ3n) is 5.73. The molecule has 10 heteroatoms. The summed E-state index contributed by atoms with van der Waals surface area (Å²) < 4.78 is 9.80. The van der Waals surface area contributed by atoms with E-state index >= 15 is 0 Å². The summed E-state index contributed by atoms with van der Waals surface area (Å²) in [5.41, 5.74) is 1.51. The maximum absolute atomic E-state index is 12.3. The Balaban J connectivity index is 1.24. The lowest BCUT2D eigenvalue weighted by Crippen LogP contribution is -2.38. The van der Waals surface area contributed by atoms with Gasteiger partial charge in [-0.2, -0.15) is 4.37 Å². The Morgan fingerprint density at radius 1 is 1.24 bits per heavy atom. The number of hydrogen-bond donors (Lipinski definition) is 1. The van der Waals surface area contributed by atoms with Crippen molar-refractivity contribution in [2.75, 3.05) is 31.6 Å². The molecule has 4 rings (SSSR count). The number of carbonyl (C=O) groups is 1. The number of hydrogen-bond acceptors (Lipinski definition) is 8. The molecule has 0 atom stereocenters. The van der Waals surface area contributed by atoms with Gasteiger partial charge in [0.2, 0.25) is 5.13 Å². The first-order valence-electron chi connectivity index (χ1n) is 10.7. The van der Waals surface area contributed by atoms with E-state index in [0.29, 0.717) is 24.4 Å². The number of non-ortho nitro benzene ring substituents is 1. The predicted molar refractivity (Wildman–Crippen MR) is 126 cm³/mol. The molecule has 1 fully saturated rings. The third kappa shape index (κ3) is 5.83.